The number of rotatable bonds is 3. The molecule has 1 aromatic rings. The first-order valence-corrected chi connectivity index (χ1v) is 4.75. The van der Waals surface area contributed by atoms with Crippen molar-refractivity contribution in [1.82, 2.24) is 0 Å². The first-order chi connectivity index (χ1) is 6.59. The van der Waals surface area contributed by atoms with Crippen molar-refractivity contribution in [1.29, 1.82) is 0 Å². The number of carbonyl (C=O) groups excluding carboxylic acids is 1. The SMILES string of the molecule is NC(=O)CC=Cc1cc(Cl)ccc1Cl. The molecule has 0 aliphatic rings. The molecule has 0 bridgehead atoms. The summed E-state index contributed by atoms with van der Waals surface area (Å²) in [4.78, 5) is 10.5. The lowest BCUT2D eigenvalue weighted by molar-refractivity contribution is -0.117. The van der Waals surface area contributed by atoms with Gasteiger partial charge in [-0.2, -0.15) is 0 Å². The molecule has 4 heteroatoms. The van der Waals surface area contributed by atoms with Gasteiger partial charge in [0.15, 0.2) is 0 Å². The van der Waals surface area contributed by atoms with Crippen LogP contribution in [0.2, 0.25) is 10.0 Å². The summed E-state index contributed by atoms with van der Waals surface area (Å²) in [7, 11) is 0. The van der Waals surface area contributed by atoms with E-state index in [1.54, 1.807) is 30.4 Å². The number of primary amides is 1. The minimum Gasteiger partial charge on any atom is -0.369 e. The highest BCUT2D eigenvalue weighted by Crippen LogP contribution is 2.21. The van der Waals surface area contributed by atoms with E-state index < -0.39 is 0 Å². The minimum atomic E-state index is -0.376. The molecule has 1 amide bonds. The first-order valence-electron chi connectivity index (χ1n) is 3.99. The average Bonchev–Trinajstić information content (AvgIpc) is 2.10. The van der Waals surface area contributed by atoms with Gasteiger partial charge in [0.2, 0.25) is 5.91 Å². The Morgan fingerprint density at radius 1 is 1.43 bits per heavy atom. The van der Waals surface area contributed by atoms with E-state index in [1.807, 2.05) is 0 Å². The van der Waals surface area contributed by atoms with Crippen molar-refractivity contribution in [2.45, 2.75) is 6.42 Å². The molecule has 0 saturated heterocycles. The Morgan fingerprint density at radius 2 is 2.14 bits per heavy atom. The predicted octanol–water partition coefficient (Wildman–Crippen LogP) is 2.88. The lowest BCUT2D eigenvalue weighted by Crippen LogP contribution is -2.07. The number of halogens is 2. The maximum absolute atomic E-state index is 10.5. The molecule has 0 radical (unpaired) electrons. The van der Waals surface area contributed by atoms with E-state index in [2.05, 4.69) is 0 Å². The Labute approximate surface area is 92.3 Å². The highest BCUT2D eigenvalue weighted by atomic mass is 35.5. The Kier molecular flexibility index (Phi) is 3.98. The first kappa shape index (κ1) is 11.1. The van der Waals surface area contributed by atoms with E-state index in [0.29, 0.717) is 10.0 Å². The third-order valence-electron chi connectivity index (χ3n) is 1.57. The largest absolute Gasteiger partial charge is 0.369 e. The van der Waals surface area contributed by atoms with Gasteiger partial charge in [0, 0.05) is 16.5 Å². The van der Waals surface area contributed by atoms with E-state index in [0.717, 1.165) is 5.56 Å². The summed E-state index contributed by atoms with van der Waals surface area (Å²) in [5.41, 5.74) is 5.75. The monoisotopic (exact) mass is 229 g/mol. The van der Waals surface area contributed by atoms with Crippen molar-refractivity contribution < 1.29 is 4.79 Å². The molecule has 0 heterocycles. The van der Waals surface area contributed by atoms with Gasteiger partial charge in [-0.15, -0.1) is 0 Å². The Hall–Kier alpha value is -0.990. The molecule has 0 saturated carbocycles. The topological polar surface area (TPSA) is 43.1 Å². The molecule has 2 nitrogen and oxygen atoms in total. The second-order valence-electron chi connectivity index (χ2n) is 2.74. The molecular weight excluding hydrogens is 221 g/mol. The van der Waals surface area contributed by atoms with Crippen LogP contribution in [0.4, 0.5) is 0 Å². The van der Waals surface area contributed by atoms with Crippen molar-refractivity contribution in [3.8, 4) is 0 Å². The summed E-state index contributed by atoms with van der Waals surface area (Å²) in [5, 5.41) is 1.20. The average molecular weight is 230 g/mol. The van der Waals surface area contributed by atoms with Gasteiger partial charge in [-0.05, 0) is 23.8 Å². The molecular formula is C10H9Cl2NO. The molecule has 0 atom stereocenters. The van der Waals surface area contributed by atoms with E-state index >= 15 is 0 Å². The number of benzene rings is 1. The van der Waals surface area contributed by atoms with Crippen LogP contribution in [0.1, 0.15) is 12.0 Å². The lowest BCUT2D eigenvalue weighted by atomic mass is 10.2. The Morgan fingerprint density at radius 3 is 2.79 bits per heavy atom. The van der Waals surface area contributed by atoms with Crippen LogP contribution in [0.3, 0.4) is 0 Å². The van der Waals surface area contributed by atoms with E-state index in [4.69, 9.17) is 28.9 Å². The zero-order valence-electron chi connectivity index (χ0n) is 7.34. The van der Waals surface area contributed by atoms with Crippen molar-refractivity contribution in [2.24, 2.45) is 5.73 Å². The summed E-state index contributed by atoms with van der Waals surface area (Å²) >= 11 is 11.7. The Balaban J connectivity index is 2.80. The van der Waals surface area contributed by atoms with Gasteiger partial charge in [-0.3, -0.25) is 4.79 Å². The molecule has 0 aliphatic heterocycles. The highest BCUT2D eigenvalue weighted by Gasteiger charge is 1.97. The smallest absolute Gasteiger partial charge is 0.221 e. The zero-order chi connectivity index (χ0) is 10.6. The summed E-state index contributed by atoms with van der Waals surface area (Å²) in [5.74, 6) is -0.376. The third kappa shape index (κ3) is 3.40. The van der Waals surface area contributed by atoms with Crippen LogP contribution in [0.5, 0.6) is 0 Å². The predicted molar refractivity (Wildman–Crippen MR) is 59.3 cm³/mol. The number of amides is 1. The Bertz CT molecular complexity index is 374. The van der Waals surface area contributed by atoms with Crippen LogP contribution >= 0.6 is 23.2 Å². The van der Waals surface area contributed by atoms with Crippen LogP contribution in [0, 0.1) is 0 Å². The fraction of sp³-hybridized carbons (Fsp3) is 0.100. The fourth-order valence-corrected chi connectivity index (χ4v) is 1.31. The van der Waals surface area contributed by atoms with Crippen molar-refractivity contribution in [3.63, 3.8) is 0 Å². The molecule has 74 valence electrons. The zero-order valence-corrected chi connectivity index (χ0v) is 8.85. The number of hydrogen-bond donors (Lipinski definition) is 1. The third-order valence-corrected chi connectivity index (χ3v) is 2.15. The summed E-state index contributed by atoms with van der Waals surface area (Å²) < 4.78 is 0. The summed E-state index contributed by atoms with van der Waals surface area (Å²) in [6, 6.07) is 5.13. The standard InChI is InChI=1S/C10H9Cl2NO/c11-8-4-5-9(12)7(6-8)2-1-3-10(13)14/h1-2,4-6H,3H2,(H2,13,14). The van der Waals surface area contributed by atoms with Crippen molar-refractivity contribution >= 4 is 35.2 Å². The van der Waals surface area contributed by atoms with Crippen LogP contribution in [-0.4, -0.2) is 5.91 Å². The highest BCUT2D eigenvalue weighted by molar-refractivity contribution is 6.34. The lowest BCUT2D eigenvalue weighted by Gasteiger charge is -1.98. The molecule has 0 spiro atoms. The van der Waals surface area contributed by atoms with Gasteiger partial charge < -0.3 is 5.73 Å². The second-order valence-corrected chi connectivity index (χ2v) is 3.58. The molecule has 0 unspecified atom stereocenters. The second kappa shape index (κ2) is 5.03. The molecule has 1 rings (SSSR count). The van der Waals surface area contributed by atoms with E-state index in [9.17, 15) is 4.79 Å². The molecule has 0 fully saturated rings. The van der Waals surface area contributed by atoms with E-state index in [-0.39, 0.29) is 12.3 Å². The normalized spacial score (nSPS) is 10.7. The maximum Gasteiger partial charge on any atom is 0.221 e. The molecule has 0 aliphatic carbocycles. The van der Waals surface area contributed by atoms with E-state index in [1.165, 1.54) is 0 Å². The maximum atomic E-state index is 10.5. The van der Waals surface area contributed by atoms with Gasteiger partial charge in [0.1, 0.15) is 0 Å². The fourth-order valence-electron chi connectivity index (χ4n) is 0.944. The molecule has 1 aromatic carbocycles. The summed E-state index contributed by atoms with van der Waals surface area (Å²) in [6.45, 7) is 0. The van der Waals surface area contributed by atoms with Crippen molar-refractivity contribution in [3.05, 3.63) is 39.9 Å². The minimum absolute atomic E-state index is 0.197. The molecule has 2 N–H and O–H groups in total. The molecule has 0 aromatic heterocycles. The van der Waals surface area contributed by atoms with Gasteiger partial charge in [0.05, 0.1) is 0 Å². The van der Waals surface area contributed by atoms with Crippen LogP contribution in [0.15, 0.2) is 24.3 Å². The van der Waals surface area contributed by atoms with Crippen molar-refractivity contribution in [2.75, 3.05) is 0 Å². The van der Waals surface area contributed by atoms with Gasteiger partial charge in [-0.25, -0.2) is 0 Å². The molecule has 14 heavy (non-hydrogen) atoms. The van der Waals surface area contributed by atoms with Gasteiger partial charge in [-0.1, -0.05) is 35.4 Å². The summed E-state index contributed by atoms with van der Waals surface area (Å²) in [6.07, 6.45) is 3.57. The quantitative estimate of drug-likeness (QED) is 0.852. The van der Waals surface area contributed by atoms with Crippen LogP contribution in [0.25, 0.3) is 6.08 Å². The van der Waals surface area contributed by atoms with Crippen LogP contribution < -0.4 is 5.73 Å². The van der Waals surface area contributed by atoms with Gasteiger partial charge >= 0.3 is 0 Å². The number of carbonyl (C=O) groups is 1. The van der Waals surface area contributed by atoms with Gasteiger partial charge in [0.25, 0.3) is 0 Å². The number of hydrogen-bond acceptors (Lipinski definition) is 1. The number of nitrogens with two attached hydrogens (primary N) is 1. The van der Waals surface area contributed by atoms with Crippen LogP contribution in [-0.2, 0) is 4.79 Å².